The number of hydrogen-bond acceptors (Lipinski definition) is 4. The molecule has 0 amide bonds. The minimum atomic E-state index is -2.85. The van der Waals surface area contributed by atoms with Gasteiger partial charge in [0.05, 0.1) is 11.4 Å². The summed E-state index contributed by atoms with van der Waals surface area (Å²) in [6, 6.07) is 0.434. The second kappa shape index (κ2) is 5.24. The summed E-state index contributed by atoms with van der Waals surface area (Å²) in [6.07, 6.45) is 8.25. The lowest BCUT2D eigenvalue weighted by molar-refractivity contribution is -0.0833. The predicted octanol–water partition coefficient (Wildman–Crippen LogP) is 1.11. The summed E-state index contributed by atoms with van der Waals surface area (Å²) in [4.78, 5) is 0. The van der Waals surface area contributed by atoms with Gasteiger partial charge in [-0.3, -0.25) is 0 Å². The van der Waals surface area contributed by atoms with E-state index in [-0.39, 0.29) is 11.4 Å². The van der Waals surface area contributed by atoms with Crippen LogP contribution >= 0.6 is 0 Å². The highest BCUT2D eigenvalue weighted by Gasteiger charge is 2.39. The zero-order valence-corrected chi connectivity index (χ0v) is 11.4. The summed E-state index contributed by atoms with van der Waals surface area (Å²) >= 11 is 0. The lowest BCUT2D eigenvalue weighted by Gasteiger charge is -2.38. The van der Waals surface area contributed by atoms with Crippen molar-refractivity contribution in [3.8, 4) is 0 Å². The average Bonchev–Trinajstić information content (AvgIpc) is 2.64. The maximum Gasteiger partial charge on any atom is 0.148 e. The van der Waals surface area contributed by atoms with Gasteiger partial charge in [0.25, 0.3) is 0 Å². The van der Waals surface area contributed by atoms with Crippen LogP contribution in [0.5, 0.6) is 0 Å². The van der Waals surface area contributed by atoms with Crippen LogP contribution in [-0.2, 0) is 14.6 Å². The second-order valence-electron chi connectivity index (χ2n) is 5.51. The van der Waals surface area contributed by atoms with Gasteiger partial charge in [-0.2, -0.15) is 0 Å². The number of rotatable bonds is 4. The molecule has 1 heterocycles. The van der Waals surface area contributed by atoms with Gasteiger partial charge in [-0.1, -0.05) is 12.8 Å². The number of nitrogens with one attached hydrogen (secondary N) is 1. The van der Waals surface area contributed by atoms with E-state index in [9.17, 15) is 8.42 Å². The van der Waals surface area contributed by atoms with E-state index in [1.165, 1.54) is 31.9 Å². The van der Waals surface area contributed by atoms with Crippen LogP contribution in [0.25, 0.3) is 0 Å². The fourth-order valence-electron chi connectivity index (χ4n) is 3.02. The minimum absolute atomic E-state index is 0.112. The minimum Gasteiger partial charge on any atom is -0.375 e. The molecule has 0 aromatic heterocycles. The van der Waals surface area contributed by atoms with Crippen molar-refractivity contribution in [1.29, 1.82) is 0 Å². The smallest absolute Gasteiger partial charge is 0.148 e. The first-order valence-electron chi connectivity index (χ1n) is 6.54. The van der Waals surface area contributed by atoms with Crippen molar-refractivity contribution in [3.05, 3.63) is 0 Å². The molecule has 2 fully saturated rings. The molecule has 0 radical (unpaired) electrons. The molecule has 0 bridgehead atoms. The maximum absolute atomic E-state index is 11.1. The van der Waals surface area contributed by atoms with Crippen LogP contribution < -0.4 is 5.32 Å². The Balaban J connectivity index is 1.78. The van der Waals surface area contributed by atoms with Crippen LogP contribution in [0.15, 0.2) is 0 Å². The molecule has 1 N–H and O–H groups in total. The van der Waals surface area contributed by atoms with Crippen molar-refractivity contribution in [2.45, 2.75) is 50.2 Å². The Hall–Kier alpha value is -0.130. The first-order valence-corrected chi connectivity index (χ1v) is 8.60. The van der Waals surface area contributed by atoms with E-state index in [1.54, 1.807) is 0 Å². The Labute approximate surface area is 104 Å². The fourth-order valence-corrected chi connectivity index (χ4v) is 3.51. The summed E-state index contributed by atoms with van der Waals surface area (Å²) in [5, 5.41) is 3.37. The molecule has 0 aromatic carbocycles. The average molecular weight is 261 g/mol. The normalized spacial score (nSPS) is 28.6. The molecule has 0 aromatic rings. The highest BCUT2D eigenvalue weighted by atomic mass is 32.2. The molecule has 4 nitrogen and oxygen atoms in total. The van der Waals surface area contributed by atoms with E-state index in [4.69, 9.17) is 4.74 Å². The van der Waals surface area contributed by atoms with Crippen molar-refractivity contribution in [1.82, 2.24) is 5.32 Å². The molecular weight excluding hydrogens is 238 g/mol. The van der Waals surface area contributed by atoms with Crippen molar-refractivity contribution in [2.75, 3.05) is 25.2 Å². The highest BCUT2D eigenvalue weighted by Crippen LogP contribution is 2.39. The second-order valence-corrected chi connectivity index (χ2v) is 7.77. The topological polar surface area (TPSA) is 55.4 Å². The fraction of sp³-hybridized carbons (Fsp3) is 1.00. The standard InChI is InChI=1S/C12H23NO3S/c1-17(14,15)9-7-13-11-4-8-16-12(10-11)5-2-3-6-12/h11,13H,2-10H2,1H3. The Bertz CT molecular complexity index is 347. The molecule has 2 aliphatic rings. The maximum atomic E-state index is 11.1. The van der Waals surface area contributed by atoms with Gasteiger partial charge in [0.15, 0.2) is 0 Å². The monoisotopic (exact) mass is 261 g/mol. The number of ether oxygens (including phenoxy) is 1. The van der Waals surface area contributed by atoms with Crippen molar-refractivity contribution in [2.24, 2.45) is 0 Å². The van der Waals surface area contributed by atoms with E-state index in [2.05, 4.69) is 5.32 Å². The Morgan fingerprint density at radius 2 is 2.06 bits per heavy atom. The summed E-state index contributed by atoms with van der Waals surface area (Å²) in [7, 11) is -2.85. The number of sulfone groups is 1. The van der Waals surface area contributed by atoms with Crippen LogP contribution in [0.2, 0.25) is 0 Å². The zero-order valence-electron chi connectivity index (χ0n) is 10.6. The van der Waals surface area contributed by atoms with Gasteiger partial charge in [-0.05, 0) is 25.7 Å². The molecule has 5 heteroatoms. The molecule has 1 unspecified atom stereocenters. The van der Waals surface area contributed by atoms with E-state index in [0.29, 0.717) is 12.6 Å². The van der Waals surface area contributed by atoms with E-state index >= 15 is 0 Å². The molecule has 1 saturated carbocycles. The van der Waals surface area contributed by atoms with Gasteiger partial charge in [-0.25, -0.2) is 8.42 Å². The van der Waals surface area contributed by atoms with Gasteiger partial charge < -0.3 is 10.1 Å². The van der Waals surface area contributed by atoms with E-state index < -0.39 is 9.84 Å². The van der Waals surface area contributed by atoms with Crippen LogP contribution in [0, 0.1) is 0 Å². The van der Waals surface area contributed by atoms with Crippen LogP contribution in [0.1, 0.15) is 38.5 Å². The van der Waals surface area contributed by atoms with Crippen molar-refractivity contribution in [3.63, 3.8) is 0 Å². The van der Waals surface area contributed by atoms with Crippen LogP contribution in [-0.4, -0.2) is 45.2 Å². The summed E-state index contributed by atoms with van der Waals surface area (Å²) in [6.45, 7) is 1.39. The van der Waals surface area contributed by atoms with E-state index in [0.717, 1.165) is 19.4 Å². The predicted molar refractivity (Wildman–Crippen MR) is 67.9 cm³/mol. The van der Waals surface area contributed by atoms with Gasteiger partial charge in [0, 0.05) is 25.4 Å². The molecule has 17 heavy (non-hydrogen) atoms. The zero-order chi connectivity index (χ0) is 12.4. The molecule has 100 valence electrons. The summed E-state index contributed by atoms with van der Waals surface area (Å²) in [5.41, 5.74) is 0.112. The molecule has 1 saturated heterocycles. The third-order valence-electron chi connectivity index (χ3n) is 3.91. The summed E-state index contributed by atoms with van der Waals surface area (Å²) < 4.78 is 28.1. The van der Waals surface area contributed by atoms with Gasteiger partial charge in [0.2, 0.25) is 0 Å². The molecule has 1 aliphatic carbocycles. The lowest BCUT2D eigenvalue weighted by atomic mass is 9.89. The van der Waals surface area contributed by atoms with E-state index in [1.807, 2.05) is 0 Å². The van der Waals surface area contributed by atoms with Crippen molar-refractivity contribution >= 4 is 9.84 Å². The Kier molecular flexibility index (Phi) is 4.10. The number of hydrogen-bond donors (Lipinski definition) is 1. The summed E-state index contributed by atoms with van der Waals surface area (Å²) in [5.74, 6) is 0.233. The van der Waals surface area contributed by atoms with Crippen LogP contribution in [0.4, 0.5) is 0 Å². The third-order valence-corrected chi connectivity index (χ3v) is 4.86. The quantitative estimate of drug-likeness (QED) is 0.824. The van der Waals surface area contributed by atoms with Crippen molar-refractivity contribution < 1.29 is 13.2 Å². The van der Waals surface area contributed by atoms with Crippen LogP contribution in [0.3, 0.4) is 0 Å². The third kappa shape index (κ3) is 3.93. The first-order chi connectivity index (χ1) is 7.99. The highest BCUT2D eigenvalue weighted by molar-refractivity contribution is 7.90. The largest absolute Gasteiger partial charge is 0.375 e. The molecular formula is C12H23NO3S. The first kappa shape index (κ1) is 13.3. The molecule has 1 atom stereocenters. The van der Waals surface area contributed by atoms with Gasteiger partial charge >= 0.3 is 0 Å². The SMILES string of the molecule is CS(=O)(=O)CCNC1CCOC2(CCCC2)C1. The Morgan fingerprint density at radius 1 is 1.35 bits per heavy atom. The molecule has 2 rings (SSSR count). The Morgan fingerprint density at radius 3 is 2.71 bits per heavy atom. The molecule has 1 aliphatic heterocycles. The van der Waals surface area contributed by atoms with Gasteiger partial charge in [0.1, 0.15) is 9.84 Å². The lowest BCUT2D eigenvalue weighted by Crippen LogP contribution is -2.46. The van der Waals surface area contributed by atoms with Gasteiger partial charge in [-0.15, -0.1) is 0 Å². The molecule has 1 spiro atoms.